The highest BCUT2D eigenvalue weighted by Gasteiger charge is 2.10. The van der Waals surface area contributed by atoms with Gasteiger partial charge in [0, 0.05) is 0 Å². The molecule has 1 aromatic rings. The fourth-order valence-corrected chi connectivity index (χ4v) is 1.52. The molecule has 1 amide bonds. The number of carbonyl (C=O) groups excluding carboxylic acids is 1. The number of carbonyl (C=O) groups is 1. The third-order valence-corrected chi connectivity index (χ3v) is 2.52. The summed E-state index contributed by atoms with van der Waals surface area (Å²) in [4.78, 5) is 11.6. The predicted octanol–water partition coefficient (Wildman–Crippen LogP) is 2.30. The van der Waals surface area contributed by atoms with E-state index in [1.54, 1.807) is 7.11 Å². The smallest absolute Gasteiger partial charge is 0.246 e. The maximum absolute atomic E-state index is 11.6. The summed E-state index contributed by atoms with van der Waals surface area (Å²) in [5.74, 6) is 0.672. The van der Waals surface area contributed by atoms with Gasteiger partial charge >= 0.3 is 0 Å². The van der Waals surface area contributed by atoms with Crippen LogP contribution in [0.2, 0.25) is 0 Å². The molecule has 0 aliphatic rings. The first-order valence-electron chi connectivity index (χ1n) is 6.08. The molecule has 0 fully saturated rings. The molecule has 1 aromatic carbocycles. The van der Waals surface area contributed by atoms with Crippen LogP contribution in [-0.4, -0.2) is 25.7 Å². The summed E-state index contributed by atoms with van der Waals surface area (Å²) in [6.07, 6.45) is 0.0582. The van der Waals surface area contributed by atoms with E-state index in [0.29, 0.717) is 0 Å². The van der Waals surface area contributed by atoms with Crippen LogP contribution in [0.5, 0.6) is 5.75 Å². The van der Waals surface area contributed by atoms with E-state index in [4.69, 9.17) is 9.47 Å². The van der Waals surface area contributed by atoms with Gasteiger partial charge in [0.1, 0.15) is 12.4 Å². The molecule has 0 aromatic heterocycles. The molecule has 0 spiro atoms. The first kappa shape index (κ1) is 14.5. The Balaban J connectivity index is 2.53. The number of amides is 1. The summed E-state index contributed by atoms with van der Waals surface area (Å²) in [5.41, 5.74) is 1.01. The fraction of sp³-hybridized carbons (Fsp3) is 0.500. The summed E-state index contributed by atoms with van der Waals surface area (Å²) < 4.78 is 10.4. The molecule has 4 heteroatoms. The molecule has 1 N–H and O–H groups in total. The maximum atomic E-state index is 11.6. The number of methoxy groups -OCH3 is 1. The van der Waals surface area contributed by atoms with Gasteiger partial charge < -0.3 is 14.8 Å². The highest BCUT2D eigenvalue weighted by Crippen LogP contribution is 2.18. The van der Waals surface area contributed by atoms with Crippen molar-refractivity contribution < 1.29 is 14.3 Å². The van der Waals surface area contributed by atoms with E-state index in [1.165, 1.54) is 0 Å². The molecule has 1 atom stereocenters. The lowest BCUT2D eigenvalue weighted by Crippen LogP contribution is -2.31. The van der Waals surface area contributed by atoms with E-state index in [0.717, 1.165) is 11.3 Å². The summed E-state index contributed by atoms with van der Waals surface area (Å²) in [7, 11) is 1.62. The first-order chi connectivity index (χ1) is 8.52. The van der Waals surface area contributed by atoms with Gasteiger partial charge in [-0.1, -0.05) is 12.1 Å². The zero-order valence-electron chi connectivity index (χ0n) is 11.4. The summed E-state index contributed by atoms with van der Waals surface area (Å²) in [6.45, 7) is 5.82. The van der Waals surface area contributed by atoms with Crippen LogP contribution in [-0.2, 0) is 9.53 Å². The molecule has 0 aliphatic heterocycles. The van der Waals surface area contributed by atoms with E-state index in [1.807, 2.05) is 45.0 Å². The van der Waals surface area contributed by atoms with Crippen molar-refractivity contribution in [1.82, 2.24) is 5.32 Å². The van der Waals surface area contributed by atoms with Crippen molar-refractivity contribution in [3.63, 3.8) is 0 Å². The molecular weight excluding hydrogens is 230 g/mol. The minimum atomic E-state index is -0.112. The molecule has 4 nitrogen and oxygen atoms in total. The highest BCUT2D eigenvalue weighted by molar-refractivity contribution is 5.77. The van der Waals surface area contributed by atoms with Gasteiger partial charge in [0.15, 0.2) is 0 Å². The Morgan fingerprint density at radius 3 is 2.67 bits per heavy atom. The number of ether oxygens (including phenoxy) is 2. The van der Waals surface area contributed by atoms with Crippen LogP contribution in [0, 0.1) is 0 Å². The minimum Gasteiger partial charge on any atom is -0.497 e. The second-order valence-electron chi connectivity index (χ2n) is 4.43. The number of benzene rings is 1. The van der Waals surface area contributed by atoms with Crippen LogP contribution in [0.25, 0.3) is 0 Å². The molecule has 100 valence electrons. The van der Waals surface area contributed by atoms with Crippen molar-refractivity contribution in [3.05, 3.63) is 29.8 Å². The summed E-state index contributed by atoms with van der Waals surface area (Å²) >= 11 is 0. The lowest BCUT2D eigenvalue weighted by atomic mass is 10.1. The van der Waals surface area contributed by atoms with Crippen molar-refractivity contribution in [2.45, 2.75) is 32.9 Å². The van der Waals surface area contributed by atoms with Crippen molar-refractivity contribution in [1.29, 1.82) is 0 Å². The number of hydrogen-bond acceptors (Lipinski definition) is 3. The van der Waals surface area contributed by atoms with Crippen molar-refractivity contribution >= 4 is 5.91 Å². The zero-order valence-corrected chi connectivity index (χ0v) is 11.4. The van der Waals surface area contributed by atoms with E-state index in [9.17, 15) is 4.79 Å². The standard InChI is InChI=1S/C14H21NO3/c1-10(2)18-9-14(16)15-11(3)12-6-5-7-13(8-12)17-4/h5-8,10-11H,9H2,1-4H3,(H,15,16)/t11-/m0/s1. The van der Waals surface area contributed by atoms with Gasteiger partial charge in [0.2, 0.25) is 5.91 Å². The van der Waals surface area contributed by atoms with Crippen molar-refractivity contribution in [2.75, 3.05) is 13.7 Å². The second kappa shape index (κ2) is 7.01. The van der Waals surface area contributed by atoms with E-state index in [-0.39, 0.29) is 24.7 Å². The monoisotopic (exact) mass is 251 g/mol. The van der Waals surface area contributed by atoms with Gasteiger partial charge in [-0.15, -0.1) is 0 Å². The Kier molecular flexibility index (Phi) is 5.65. The molecule has 0 radical (unpaired) electrons. The normalized spacial score (nSPS) is 12.3. The quantitative estimate of drug-likeness (QED) is 0.844. The van der Waals surface area contributed by atoms with Crippen molar-refractivity contribution in [3.8, 4) is 5.75 Å². The molecule has 1 rings (SSSR count). The van der Waals surface area contributed by atoms with Crippen LogP contribution < -0.4 is 10.1 Å². The Morgan fingerprint density at radius 1 is 1.33 bits per heavy atom. The lowest BCUT2D eigenvalue weighted by molar-refractivity contribution is -0.127. The first-order valence-corrected chi connectivity index (χ1v) is 6.08. The van der Waals surface area contributed by atoms with Gasteiger partial charge in [-0.25, -0.2) is 0 Å². The van der Waals surface area contributed by atoms with E-state index in [2.05, 4.69) is 5.32 Å². The van der Waals surface area contributed by atoms with Crippen LogP contribution in [0.1, 0.15) is 32.4 Å². The highest BCUT2D eigenvalue weighted by atomic mass is 16.5. The van der Waals surface area contributed by atoms with Crippen LogP contribution >= 0.6 is 0 Å². The Bertz CT molecular complexity index is 390. The maximum Gasteiger partial charge on any atom is 0.246 e. The largest absolute Gasteiger partial charge is 0.497 e. The molecular formula is C14H21NO3. The SMILES string of the molecule is COc1cccc([C@H](C)NC(=O)COC(C)C)c1. The Hall–Kier alpha value is -1.55. The molecule has 0 aliphatic carbocycles. The Labute approximate surface area is 108 Å². The van der Waals surface area contributed by atoms with E-state index < -0.39 is 0 Å². The molecule has 0 bridgehead atoms. The summed E-state index contributed by atoms with van der Waals surface area (Å²) in [5, 5.41) is 2.88. The van der Waals surface area contributed by atoms with Crippen LogP contribution in [0.4, 0.5) is 0 Å². The number of nitrogens with one attached hydrogen (secondary N) is 1. The topological polar surface area (TPSA) is 47.6 Å². The number of rotatable bonds is 6. The van der Waals surface area contributed by atoms with Crippen LogP contribution in [0.15, 0.2) is 24.3 Å². The fourth-order valence-electron chi connectivity index (χ4n) is 1.52. The van der Waals surface area contributed by atoms with Gasteiger partial charge in [0.25, 0.3) is 0 Å². The predicted molar refractivity (Wildman–Crippen MR) is 70.6 cm³/mol. The molecule has 0 saturated carbocycles. The summed E-state index contributed by atoms with van der Waals surface area (Å²) in [6, 6.07) is 7.58. The molecule has 0 saturated heterocycles. The van der Waals surface area contributed by atoms with Gasteiger partial charge in [-0.05, 0) is 38.5 Å². The zero-order chi connectivity index (χ0) is 13.5. The van der Waals surface area contributed by atoms with Gasteiger partial charge in [-0.3, -0.25) is 4.79 Å². The molecule has 0 heterocycles. The van der Waals surface area contributed by atoms with Gasteiger partial charge in [-0.2, -0.15) is 0 Å². The average Bonchev–Trinajstić information content (AvgIpc) is 2.36. The lowest BCUT2D eigenvalue weighted by Gasteiger charge is -2.16. The third-order valence-electron chi connectivity index (χ3n) is 2.52. The van der Waals surface area contributed by atoms with E-state index >= 15 is 0 Å². The van der Waals surface area contributed by atoms with Crippen LogP contribution in [0.3, 0.4) is 0 Å². The third kappa shape index (κ3) is 4.75. The second-order valence-corrected chi connectivity index (χ2v) is 4.43. The molecule has 18 heavy (non-hydrogen) atoms. The van der Waals surface area contributed by atoms with Gasteiger partial charge in [0.05, 0.1) is 19.3 Å². The number of hydrogen-bond donors (Lipinski definition) is 1. The minimum absolute atomic E-state index is 0.0582. The van der Waals surface area contributed by atoms with Crippen molar-refractivity contribution in [2.24, 2.45) is 0 Å². The average molecular weight is 251 g/mol. The Morgan fingerprint density at radius 2 is 2.06 bits per heavy atom. The molecule has 0 unspecified atom stereocenters.